The lowest BCUT2D eigenvalue weighted by Crippen LogP contribution is -2.48. The Morgan fingerprint density at radius 2 is 1.69 bits per heavy atom. The van der Waals surface area contributed by atoms with Crippen LogP contribution in [0.5, 0.6) is 11.5 Å². The van der Waals surface area contributed by atoms with E-state index in [1.807, 2.05) is 78.6 Å². The first kappa shape index (κ1) is 22.8. The van der Waals surface area contributed by atoms with Gasteiger partial charge in [0.25, 0.3) is 11.8 Å². The number of carbonyl (C=O) groups is 2. The van der Waals surface area contributed by atoms with Crippen molar-refractivity contribution < 1.29 is 19.1 Å². The average Bonchev–Trinajstić information content (AvgIpc) is 2.90. The zero-order valence-electron chi connectivity index (χ0n) is 20.1. The number of nitrogens with zero attached hydrogens (tertiary/aromatic N) is 3. The summed E-state index contributed by atoms with van der Waals surface area (Å²) in [6.07, 6.45) is 0. The van der Waals surface area contributed by atoms with E-state index < -0.39 is 0 Å². The highest BCUT2D eigenvalue weighted by molar-refractivity contribution is 5.98. The Morgan fingerprint density at radius 1 is 0.943 bits per heavy atom. The molecule has 7 heteroatoms. The van der Waals surface area contributed by atoms with Crippen molar-refractivity contribution in [1.82, 2.24) is 4.90 Å². The first-order chi connectivity index (χ1) is 17.0. The van der Waals surface area contributed by atoms with Gasteiger partial charge in [-0.15, -0.1) is 0 Å². The molecule has 0 bridgehead atoms. The number of methoxy groups -OCH3 is 1. The van der Waals surface area contributed by atoms with Crippen molar-refractivity contribution in [1.29, 1.82) is 0 Å². The third-order valence-electron chi connectivity index (χ3n) is 6.59. The van der Waals surface area contributed by atoms with E-state index in [1.165, 1.54) is 0 Å². The van der Waals surface area contributed by atoms with Gasteiger partial charge < -0.3 is 24.2 Å². The largest absolute Gasteiger partial charge is 0.495 e. The standard InChI is InChI=1S/C28H29N3O4/c1-20-7-12-26-24(17-20)31(27(32)19-35-26)18-21-8-10-22(11-9-21)28(33)30-15-13-29(14-16-30)23-5-3-4-6-25(23)34-2/h3-12,17H,13-16,18-19H2,1-2H3. The molecule has 2 amide bonds. The van der Waals surface area contributed by atoms with Gasteiger partial charge in [-0.2, -0.15) is 0 Å². The summed E-state index contributed by atoms with van der Waals surface area (Å²) in [6, 6.07) is 21.4. The molecule has 35 heavy (non-hydrogen) atoms. The molecule has 2 heterocycles. The SMILES string of the molecule is COc1ccccc1N1CCN(C(=O)c2ccc(CN3C(=O)COc4ccc(C)cc43)cc2)CC1. The predicted molar refractivity (Wildman–Crippen MR) is 135 cm³/mol. The van der Waals surface area contributed by atoms with Crippen LogP contribution in [0, 0.1) is 6.92 Å². The number of fused-ring (bicyclic) bond motifs is 1. The number of carbonyl (C=O) groups excluding carboxylic acids is 2. The number of hydrogen-bond acceptors (Lipinski definition) is 5. The number of hydrogen-bond donors (Lipinski definition) is 0. The number of para-hydroxylation sites is 2. The summed E-state index contributed by atoms with van der Waals surface area (Å²) < 4.78 is 11.1. The van der Waals surface area contributed by atoms with Gasteiger partial charge in [-0.3, -0.25) is 9.59 Å². The Kier molecular flexibility index (Phi) is 6.31. The summed E-state index contributed by atoms with van der Waals surface area (Å²) >= 11 is 0. The number of amides is 2. The molecule has 3 aromatic rings. The first-order valence-corrected chi connectivity index (χ1v) is 11.8. The van der Waals surface area contributed by atoms with Crippen LogP contribution >= 0.6 is 0 Å². The average molecular weight is 472 g/mol. The Morgan fingerprint density at radius 3 is 2.43 bits per heavy atom. The number of aryl methyl sites for hydroxylation is 1. The summed E-state index contributed by atoms with van der Waals surface area (Å²) in [4.78, 5) is 31.6. The van der Waals surface area contributed by atoms with E-state index in [2.05, 4.69) is 4.90 Å². The van der Waals surface area contributed by atoms with Crippen LogP contribution in [0.4, 0.5) is 11.4 Å². The Labute approximate surface area is 205 Å². The molecule has 3 aromatic carbocycles. The lowest BCUT2D eigenvalue weighted by molar-refractivity contribution is -0.121. The minimum Gasteiger partial charge on any atom is -0.495 e. The fourth-order valence-corrected chi connectivity index (χ4v) is 4.64. The second kappa shape index (κ2) is 9.70. The van der Waals surface area contributed by atoms with Crippen LogP contribution in [-0.4, -0.2) is 56.6 Å². The third kappa shape index (κ3) is 4.67. The molecule has 0 spiro atoms. The van der Waals surface area contributed by atoms with Crippen LogP contribution in [0.2, 0.25) is 0 Å². The minimum absolute atomic E-state index is 0.0274. The number of anilines is 2. The summed E-state index contributed by atoms with van der Waals surface area (Å²) in [7, 11) is 1.68. The lowest BCUT2D eigenvalue weighted by atomic mass is 10.1. The molecule has 2 aliphatic heterocycles. The first-order valence-electron chi connectivity index (χ1n) is 11.8. The molecular weight excluding hydrogens is 442 g/mol. The van der Waals surface area contributed by atoms with Gasteiger partial charge in [-0.25, -0.2) is 0 Å². The quantitative estimate of drug-likeness (QED) is 0.565. The lowest BCUT2D eigenvalue weighted by Gasteiger charge is -2.36. The third-order valence-corrected chi connectivity index (χ3v) is 6.59. The fraction of sp³-hybridized carbons (Fsp3) is 0.286. The van der Waals surface area contributed by atoms with Crippen LogP contribution in [0.25, 0.3) is 0 Å². The van der Waals surface area contributed by atoms with Crippen molar-refractivity contribution in [3.8, 4) is 11.5 Å². The van der Waals surface area contributed by atoms with Crippen molar-refractivity contribution in [2.75, 3.05) is 49.7 Å². The zero-order chi connectivity index (χ0) is 24.4. The second-order valence-corrected chi connectivity index (χ2v) is 8.89. The van der Waals surface area contributed by atoms with Gasteiger partial charge in [0.15, 0.2) is 6.61 Å². The highest BCUT2D eigenvalue weighted by atomic mass is 16.5. The topological polar surface area (TPSA) is 62.3 Å². The number of ether oxygens (including phenoxy) is 2. The molecule has 2 aliphatic rings. The van der Waals surface area contributed by atoms with Crippen LogP contribution < -0.4 is 19.3 Å². The van der Waals surface area contributed by atoms with Crippen molar-refractivity contribution >= 4 is 23.2 Å². The molecule has 1 fully saturated rings. The molecule has 0 atom stereocenters. The van der Waals surface area contributed by atoms with E-state index in [4.69, 9.17) is 9.47 Å². The fourth-order valence-electron chi connectivity index (χ4n) is 4.64. The van der Waals surface area contributed by atoms with Crippen molar-refractivity contribution in [2.45, 2.75) is 13.5 Å². The molecule has 1 saturated heterocycles. The number of rotatable bonds is 5. The summed E-state index contributed by atoms with van der Waals surface area (Å²) in [6.45, 7) is 5.27. The van der Waals surface area contributed by atoms with Gasteiger partial charge in [0.05, 0.1) is 25.0 Å². The monoisotopic (exact) mass is 471 g/mol. The van der Waals surface area contributed by atoms with Crippen LogP contribution in [-0.2, 0) is 11.3 Å². The van der Waals surface area contributed by atoms with E-state index in [0.717, 1.165) is 41.3 Å². The number of piperazine rings is 1. The van der Waals surface area contributed by atoms with E-state index in [-0.39, 0.29) is 18.4 Å². The highest BCUT2D eigenvalue weighted by Crippen LogP contribution is 2.34. The molecule has 0 aromatic heterocycles. The summed E-state index contributed by atoms with van der Waals surface area (Å²) in [5.74, 6) is 1.52. The van der Waals surface area contributed by atoms with Crippen LogP contribution in [0.15, 0.2) is 66.7 Å². The summed E-state index contributed by atoms with van der Waals surface area (Å²) in [5, 5.41) is 0. The smallest absolute Gasteiger partial charge is 0.265 e. The molecule has 180 valence electrons. The molecule has 0 unspecified atom stereocenters. The van der Waals surface area contributed by atoms with Gasteiger partial charge in [0.1, 0.15) is 11.5 Å². The Balaban J connectivity index is 1.23. The Bertz CT molecular complexity index is 1230. The van der Waals surface area contributed by atoms with E-state index >= 15 is 0 Å². The van der Waals surface area contributed by atoms with Crippen molar-refractivity contribution in [3.05, 3.63) is 83.4 Å². The Hall–Kier alpha value is -4.00. The normalized spacial score (nSPS) is 15.5. The van der Waals surface area contributed by atoms with E-state index in [0.29, 0.717) is 30.9 Å². The van der Waals surface area contributed by atoms with Crippen molar-refractivity contribution in [3.63, 3.8) is 0 Å². The van der Waals surface area contributed by atoms with Gasteiger partial charge >= 0.3 is 0 Å². The van der Waals surface area contributed by atoms with E-state index in [9.17, 15) is 9.59 Å². The molecular formula is C28H29N3O4. The molecule has 0 N–H and O–H groups in total. The van der Waals surface area contributed by atoms with Crippen LogP contribution in [0.1, 0.15) is 21.5 Å². The van der Waals surface area contributed by atoms with Gasteiger partial charge in [0.2, 0.25) is 0 Å². The molecule has 0 saturated carbocycles. The maximum absolute atomic E-state index is 13.1. The maximum atomic E-state index is 13.1. The maximum Gasteiger partial charge on any atom is 0.265 e. The van der Waals surface area contributed by atoms with Gasteiger partial charge in [-0.1, -0.05) is 30.3 Å². The molecule has 0 aliphatic carbocycles. The molecule has 0 radical (unpaired) electrons. The molecule has 5 rings (SSSR count). The van der Waals surface area contributed by atoms with Gasteiger partial charge in [-0.05, 0) is 54.4 Å². The second-order valence-electron chi connectivity index (χ2n) is 8.89. The zero-order valence-corrected chi connectivity index (χ0v) is 20.1. The number of benzene rings is 3. The van der Waals surface area contributed by atoms with Gasteiger partial charge in [0, 0.05) is 31.7 Å². The molecule has 7 nitrogen and oxygen atoms in total. The van der Waals surface area contributed by atoms with Crippen molar-refractivity contribution in [2.24, 2.45) is 0 Å². The van der Waals surface area contributed by atoms with Crippen LogP contribution in [0.3, 0.4) is 0 Å². The minimum atomic E-state index is -0.0730. The summed E-state index contributed by atoms with van der Waals surface area (Å²) in [5.41, 5.74) is 4.53. The predicted octanol–water partition coefficient (Wildman–Crippen LogP) is 3.89. The highest BCUT2D eigenvalue weighted by Gasteiger charge is 2.26. The van der Waals surface area contributed by atoms with E-state index in [1.54, 1.807) is 12.0 Å².